The number of anilines is 1. The van der Waals surface area contributed by atoms with Crippen LogP contribution in [0.3, 0.4) is 0 Å². The number of benzene rings is 2. The summed E-state index contributed by atoms with van der Waals surface area (Å²) in [6.07, 6.45) is 3.99. The number of aromatic amines is 1. The fourth-order valence-electron chi connectivity index (χ4n) is 5.21. The van der Waals surface area contributed by atoms with E-state index in [1.54, 1.807) is 12.1 Å². The van der Waals surface area contributed by atoms with Gasteiger partial charge in [0.25, 0.3) is 11.6 Å². The summed E-state index contributed by atoms with van der Waals surface area (Å²) in [4.78, 5) is 36.8. The van der Waals surface area contributed by atoms with Gasteiger partial charge >= 0.3 is 0 Å². The van der Waals surface area contributed by atoms with Crippen LogP contribution < -0.4 is 4.90 Å². The van der Waals surface area contributed by atoms with Crippen LogP contribution in [-0.4, -0.2) is 51.9 Å². The van der Waals surface area contributed by atoms with Crippen molar-refractivity contribution in [1.82, 2.24) is 14.9 Å². The Morgan fingerprint density at radius 3 is 2.73 bits per heavy atom. The Hall–Kier alpha value is -3.42. The molecule has 33 heavy (non-hydrogen) atoms. The second kappa shape index (κ2) is 8.84. The topological polar surface area (TPSA) is 95.4 Å². The number of nitro groups is 1. The number of nitro benzene ring substituents is 1. The minimum Gasteiger partial charge on any atom is -0.366 e. The molecule has 2 aliphatic heterocycles. The third-order valence-corrected chi connectivity index (χ3v) is 6.92. The molecule has 2 aromatic carbocycles. The largest absolute Gasteiger partial charge is 0.366 e. The molecule has 3 heterocycles. The molecule has 8 nitrogen and oxygen atoms in total. The highest BCUT2D eigenvalue weighted by atomic mass is 16.6. The van der Waals surface area contributed by atoms with Gasteiger partial charge in [0.2, 0.25) is 0 Å². The van der Waals surface area contributed by atoms with Crippen LogP contribution >= 0.6 is 0 Å². The van der Waals surface area contributed by atoms with Crippen molar-refractivity contribution in [2.75, 3.05) is 31.1 Å². The summed E-state index contributed by atoms with van der Waals surface area (Å²) in [5.74, 6) is 1.37. The highest BCUT2D eigenvalue weighted by Gasteiger charge is 2.30. The average molecular weight is 448 g/mol. The maximum Gasteiger partial charge on any atom is 0.293 e. The maximum absolute atomic E-state index is 13.3. The lowest BCUT2D eigenvalue weighted by Gasteiger charge is -2.33. The normalized spacial score (nSPS) is 21.4. The number of hydrogen-bond donors (Lipinski definition) is 1. The maximum atomic E-state index is 13.3. The van der Waals surface area contributed by atoms with E-state index in [0.29, 0.717) is 30.3 Å². The number of likely N-dealkylation sites (tertiary alicyclic amines) is 1. The highest BCUT2D eigenvalue weighted by Crippen LogP contribution is 2.34. The SMILES string of the molecule is CC1CCCN(c2ccc(C(=O)N3CCCC(c4nc5ccccc5[nH]4)C3)cc2[N+](=O)[O-])C1. The van der Waals surface area contributed by atoms with Crippen LogP contribution in [0.1, 0.15) is 54.7 Å². The molecule has 1 N–H and O–H groups in total. The number of carbonyl (C=O) groups excluding carboxylic acids is 1. The molecule has 5 rings (SSSR count). The van der Waals surface area contributed by atoms with Crippen LogP contribution in [0.25, 0.3) is 11.0 Å². The second-order valence-corrected chi connectivity index (χ2v) is 9.38. The van der Waals surface area contributed by atoms with Crippen LogP contribution in [0.2, 0.25) is 0 Å². The van der Waals surface area contributed by atoms with Gasteiger partial charge in [-0.05, 0) is 55.9 Å². The van der Waals surface area contributed by atoms with E-state index in [4.69, 9.17) is 4.98 Å². The predicted octanol–water partition coefficient (Wildman–Crippen LogP) is 4.73. The Kier molecular flexibility index (Phi) is 5.74. The molecule has 2 saturated heterocycles. The van der Waals surface area contributed by atoms with Gasteiger partial charge in [-0.15, -0.1) is 0 Å². The third kappa shape index (κ3) is 4.29. The van der Waals surface area contributed by atoms with Gasteiger partial charge in [0.1, 0.15) is 11.5 Å². The average Bonchev–Trinajstić information content (AvgIpc) is 3.28. The second-order valence-electron chi connectivity index (χ2n) is 9.38. The predicted molar refractivity (Wildman–Crippen MR) is 128 cm³/mol. The van der Waals surface area contributed by atoms with Crippen molar-refractivity contribution in [2.24, 2.45) is 5.92 Å². The standard InChI is InChI=1S/C25H29N5O3/c1-17-6-4-12-28(15-17)22-11-10-18(14-23(22)30(32)33)25(31)29-13-5-7-19(16-29)24-26-20-8-2-3-9-21(20)27-24/h2-3,8-11,14,17,19H,4-7,12-13,15-16H2,1H3,(H,26,27). The number of carbonyl (C=O) groups is 1. The monoisotopic (exact) mass is 447 g/mol. The zero-order chi connectivity index (χ0) is 22.9. The van der Waals surface area contributed by atoms with Gasteiger partial charge in [0.15, 0.2) is 0 Å². The van der Waals surface area contributed by atoms with Crippen LogP contribution in [-0.2, 0) is 0 Å². The minimum atomic E-state index is -0.362. The van der Waals surface area contributed by atoms with Gasteiger partial charge in [-0.3, -0.25) is 14.9 Å². The van der Waals surface area contributed by atoms with Crippen molar-refractivity contribution < 1.29 is 9.72 Å². The number of hydrogen-bond acceptors (Lipinski definition) is 5. The molecule has 0 radical (unpaired) electrons. The molecule has 3 aromatic rings. The lowest BCUT2D eigenvalue weighted by atomic mass is 9.96. The number of H-pyrrole nitrogens is 1. The Balaban J connectivity index is 1.37. The molecule has 8 heteroatoms. The number of piperidine rings is 2. The zero-order valence-corrected chi connectivity index (χ0v) is 18.9. The van der Waals surface area contributed by atoms with Gasteiger partial charge in [-0.1, -0.05) is 19.1 Å². The number of fused-ring (bicyclic) bond motifs is 1. The van der Waals surface area contributed by atoms with Crippen molar-refractivity contribution in [1.29, 1.82) is 0 Å². The minimum absolute atomic E-state index is 0.0146. The van der Waals surface area contributed by atoms with Crippen LogP contribution in [0.4, 0.5) is 11.4 Å². The summed E-state index contributed by atoms with van der Waals surface area (Å²) >= 11 is 0. The third-order valence-electron chi connectivity index (χ3n) is 6.92. The lowest BCUT2D eigenvalue weighted by molar-refractivity contribution is -0.384. The number of imidazole rings is 1. The quantitative estimate of drug-likeness (QED) is 0.461. The van der Waals surface area contributed by atoms with Crippen LogP contribution in [0, 0.1) is 16.0 Å². The molecule has 0 aliphatic carbocycles. The van der Waals surface area contributed by atoms with E-state index in [0.717, 1.165) is 55.6 Å². The van der Waals surface area contributed by atoms with E-state index >= 15 is 0 Å². The molecule has 2 fully saturated rings. The molecule has 0 saturated carbocycles. The number of nitrogens with zero attached hydrogens (tertiary/aromatic N) is 4. The summed E-state index contributed by atoms with van der Waals surface area (Å²) in [5, 5.41) is 11.9. The molecule has 1 aromatic heterocycles. The van der Waals surface area contributed by atoms with Crippen molar-refractivity contribution in [3.8, 4) is 0 Å². The number of rotatable bonds is 4. The van der Waals surface area contributed by atoms with Crippen molar-refractivity contribution >= 4 is 28.3 Å². The van der Waals surface area contributed by atoms with E-state index in [2.05, 4.69) is 16.8 Å². The Morgan fingerprint density at radius 1 is 1.12 bits per heavy atom. The first-order valence-corrected chi connectivity index (χ1v) is 11.8. The van der Waals surface area contributed by atoms with Gasteiger partial charge in [-0.2, -0.15) is 0 Å². The van der Waals surface area contributed by atoms with E-state index in [1.165, 1.54) is 6.07 Å². The summed E-state index contributed by atoms with van der Waals surface area (Å²) in [6.45, 7) is 4.99. The van der Waals surface area contributed by atoms with Crippen molar-refractivity contribution in [3.05, 3.63) is 64.0 Å². The van der Waals surface area contributed by atoms with Gasteiger partial charge in [0.05, 0.1) is 16.0 Å². The molecule has 1 amide bonds. The van der Waals surface area contributed by atoms with Gasteiger partial charge in [0, 0.05) is 43.7 Å². The number of para-hydroxylation sites is 2. The van der Waals surface area contributed by atoms with Crippen molar-refractivity contribution in [2.45, 2.75) is 38.5 Å². The summed E-state index contributed by atoms with van der Waals surface area (Å²) < 4.78 is 0. The van der Waals surface area contributed by atoms with Crippen molar-refractivity contribution in [3.63, 3.8) is 0 Å². The fourth-order valence-corrected chi connectivity index (χ4v) is 5.21. The fraction of sp³-hybridized carbons (Fsp3) is 0.440. The molecule has 2 atom stereocenters. The first kappa shape index (κ1) is 21.4. The zero-order valence-electron chi connectivity index (χ0n) is 18.9. The highest BCUT2D eigenvalue weighted by molar-refractivity contribution is 5.96. The molecule has 2 unspecified atom stereocenters. The number of aromatic nitrogens is 2. The molecular weight excluding hydrogens is 418 g/mol. The number of nitrogens with one attached hydrogen (secondary N) is 1. The van der Waals surface area contributed by atoms with E-state index in [1.807, 2.05) is 29.2 Å². The van der Waals surface area contributed by atoms with E-state index in [-0.39, 0.29) is 22.4 Å². The Bertz CT molecular complexity index is 1160. The molecule has 2 aliphatic rings. The number of amides is 1. The first-order valence-electron chi connectivity index (χ1n) is 11.8. The summed E-state index contributed by atoms with van der Waals surface area (Å²) in [5.41, 5.74) is 2.92. The van der Waals surface area contributed by atoms with Crippen LogP contribution in [0.15, 0.2) is 42.5 Å². The molecular formula is C25H29N5O3. The van der Waals surface area contributed by atoms with Gasteiger partial charge < -0.3 is 14.8 Å². The molecule has 0 spiro atoms. The first-order chi connectivity index (χ1) is 16.0. The van der Waals surface area contributed by atoms with Crippen LogP contribution in [0.5, 0.6) is 0 Å². The van der Waals surface area contributed by atoms with E-state index < -0.39 is 0 Å². The Labute approximate surface area is 192 Å². The Morgan fingerprint density at radius 2 is 1.94 bits per heavy atom. The van der Waals surface area contributed by atoms with E-state index in [9.17, 15) is 14.9 Å². The lowest BCUT2D eigenvalue weighted by Crippen LogP contribution is -2.39. The molecule has 0 bridgehead atoms. The van der Waals surface area contributed by atoms with Gasteiger partial charge in [-0.25, -0.2) is 4.98 Å². The summed E-state index contributed by atoms with van der Waals surface area (Å²) in [7, 11) is 0. The molecule has 172 valence electrons. The smallest absolute Gasteiger partial charge is 0.293 e. The summed E-state index contributed by atoms with van der Waals surface area (Å²) in [6, 6.07) is 12.9.